The number of hydrogen-bond acceptors (Lipinski definition) is 5. The number of fused-ring (bicyclic) bond motifs is 1. The summed E-state index contributed by atoms with van der Waals surface area (Å²) in [7, 11) is 0. The molecule has 2 aromatic rings. The Morgan fingerprint density at radius 3 is 2.83 bits per heavy atom. The van der Waals surface area contributed by atoms with Crippen molar-refractivity contribution in [2.75, 3.05) is 11.1 Å². The summed E-state index contributed by atoms with van der Waals surface area (Å²) in [6.45, 7) is 3.93. The molecule has 0 fully saturated rings. The molecule has 5 nitrogen and oxygen atoms in total. The first-order valence-corrected chi connectivity index (χ1v) is 9.37. The minimum absolute atomic E-state index is 0.0855. The van der Waals surface area contributed by atoms with Crippen LogP contribution in [0.25, 0.3) is 0 Å². The van der Waals surface area contributed by atoms with Gasteiger partial charge in [0.2, 0.25) is 5.91 Å². The molecule has 1 aliphatic rings. The van der Waals surface area contributed by atoms with Crippen LogP contribution in [0.15, 0.2) is 28.2 Å². The zero-order valence-corrected chi connectivity index (χ0v) is 14.6. The number of para-hydroxylation sites is 1. The van der Waals surface area contributed by atoms with Gasteiger partial charge in [-0.3, -0.25) is 9.59 Å². The molecule has 0 saturated carbocycles. The number of carbonyl (C=O) groups is 1. The van der Waals surface area contributed by atoms with E-state index in [4.69, 9.17) is 0 Å². The van der Waals surface area contributed by atoms with Gasteiger partial charge >= 0.3 is 0 Å². The molecule has 7 heteroatoms. The van der Waals surface area contributed by atoms with Gasteiger partial charge in [-0.25, -0.2) is 4.98 Å². The molecule has 2 N–H and O–H groups in total. The average Bonchev–Trinajstić information content (AvgIpc) is 2.98. The summed E-state index contributed by atoms with van der Waals surface area (Å²) in [6.07, 6.45) is 0. The number of thioether (sulfide) groups is 2. The first-order valence-electron chi connectivity index (χ1n) is 7.23. The molecule has 1 aromatic carbocycles. The van der Waals surface area contributed by atoms with E-state index in [1.165, 1.54) is 11.8 Å². The van der Waals surface area contributed by atoms with Crippen molar-refractivity contribution >= 4 is 35.1 Å². The highest BCUT2D eigenvalue weighted by Gasteiger charge is 2.18. The molecule has 3 rings (SSSR count). The second-order valence-corrected chi connectivity index (χ2v) is 7.34. The fourth-order valence-electron chi connectivity index (χ4n) is 2.43. The lowest BCUT2D eigenvalue weighted by Gasteiger charge is -2.11. The highest BCUT2D eigenvalue weighted by molar-refractivity contribution is 7.99. The fraction of sp³-hybridized carbons (Fsp3) is 0.312. The average molecular weight is 347 g/mol. The minimum Gasteiger partial charge on any atom is -0.325 e. The number of benzene rings is 1. The molecule has 0 bridgehead atoms. The van der Waals surface area contributed by atoms with Crippen LogP contribution in [0.1, 0.15) is 22.4 Å². The zero-order valence-electron chi connectivity index (χ0n) is 12.9. The summed E-state index contributed by atoms with van der Waals surface area (Å²) < 4.78 is 0. The highest BCUT2D eigenvalue weighted by Crippen LogP contribution is 2.27. The first kappa shape index (κ1) is 16.1. The monoisotopic (exact) mass is 347 g/mol. The smallest absolute Gasteiger partial charge is 0.255 e. The molecular formula is C16H17N3O2S2. The Balaban J connectivity index is 1.66. The van der Waals surface area contributed by atoms with Crippen LogP contribution in [0.2, 0.25) is 0 Å². The maximum Gasteiger partial charge on any atom is 0.255 e. The maximum atomic E-state index is 12.2. The number of aryl methyl sites for hydroxylation is 2. The Morgan fingerprint density at radius 1 is 1.35 bits per heavy atom. The van der Waals surface area contributed by atoms with Gasteiger partial charge in [0.05, 0.1) is 11.4 Å². The molecule has 1 aromatic heterocycles. The van der Waals surface area contributed by atoms with Gasteiger partial charge < -0.3 is 10.3 Å². The van der Waals surface area contributed by atoms with Crippen LogP contribution < -0.4 is 10.9 Å². The molecule has 1 aliphatic heterocycles. The zero-order chi connectivity index (χ0) is 16.4. The molecule has 0 radical (unpaired) electrons. The fourth-order valence-corrected chi connectivity index (χ4v) is 4.14. The molecule has 1 amide bonds. The van der Waals surface area contributed by atoms with Crippen molar-refractivity contribution in [1.29, 1.82) is 0 Å². The number of nitrogens with zero attached hydrogens (tertiary/aromatic N) is 1. The third-order valence-electron chi connectivity index (χ3n) is 3.65. The maximum absolute atomic E-state index is 12.2. The van der Waals surface area contributed by atoms with Crippen molar-refractivity contribution in [2.24, 2.45) is 0 Å². The summed E-state index contributed by atoms with van der Waals surface area (Å²) in [5.74, 6) is 1.59. The van der Waals surface area contributed by atoms with E-state index >= 15 is 0 Å². The van der Waals surface area contributed by atoms with Crippen molar-refractivity contribution in [3.63, 3.8) is 0 Å². The van der Waals surface area contributed by atoms with Gasteiger partial charge in [0.25, 0.3) is 5.56 Å². The van der Waals surface area contributed by atoms with Gasteiger partial charge in [-0.2, -0.15) is 11.8 Å². The normalized spacial score (nSPS) is 13.0. The standard InChI is InChI=1S/C16H17N3O2S2/c1-9-4-3-5-10(2)14(9)18-13(20)8-23-16-17-12-7-22-6-11(12)15(21)19-16/h3-5H,6-8H2,1-2H3,(H,18,20)(H,17,19,21). The van der Waals surface area contributed by atoms with E-state index < -0.39 is 0 Å². The molecular weight excluding hydrogens is 330 g/mol. The second-order valence-electron chi connectivity index (χ2n) is 5.39. The molecule has 120 valence electrons. The molecule has 0 unspecified atom stereocenters. The van der Waals surface area contributed by atoms with Crippen molar-refractivity contribution in [3.05, 3.63) is 50.9 Å². The molecule has 0 spiro atoms. The largest absolute Gasteiger partial charge is 0.325 e. The number of aromatic amines is 1. The topological polar surface area (TPSA) is 74.8 Å². The van der Waals surface area contributed by atoms with E-state index in [-0.39, 0.29) is 17.2 Å². The van der Waals surface area contributed by atoms with Crippen LogP contribution >= 0.6 is 23.5 Å². The van der Waals surface area contributed by atoms with Crippen LogP contribution in [0.3, 0.4) is 0 Å². The lowest BCUT2D eigenvalue weighted by Crippen LogP contribution is -2.18. The third kappa shape index (κ3) is 3.61. The number of rotatable bonds is 4. The van der Waals surface area contributed by atoms with Crippen molar-refractivity contribution < 1.29 is 4.79 Å². The molecule has 0 aliphatic carbocycles. The predicted molar refractivity (Wildman–Crippen MR) is 95.1 cm³/mol. The number of carbonyl (C=O) groups excluding carboxylic acids is 1. The number of anilines is 1. The summed E-state index contributed by atoms with van der Waals surface area (Å²) >= 11 is 2.94. The van der Waals surface area contributed by atoms with E-state index in [0.717, 1.165) is 39.6 Å². The minimum atomic E-state index is -0.107. The van der Waals surface area contributed by atoms with E-state index in [2.05, 4.69) is 15.3 Å². The number of aromatic nitrogens is 2. The van der Waals surface area contributed by atoms with Crippen LogP contribution in [0.4, 0.5) is 5.69 Å². The van der Waals surface area contributed by atoms with Crippen LogP contribution in [-0.4, -0.2) is 21.6 Å². The first-order chi connectivity index (χ1) is 11.0. The molecule has 2 heterocycles. The summed E-state index contributed by atoms with van der Waals surface area (Å²) in [5.41, 5.74) is 4.44. The predicted octanol–water partition coefficient (Wildman–Crippen LogP) is 2.86. The highest BCUT2D eigenvalue weighted by atomic mass is 32.2. The lowest BCUT2D eigenvalue weighted by molar-refractivity contribution is -0.113. The Labute approximate surface area is 142 Å². The Bertz CT molecular complexity index is 797. The van der Waals surface area contributed by atoms with Gasteiger partial charge in [0.15, 0.2) is 5.16 Å². The number of amides is 1. The summed E-state index contributed by atoms with van der Waals surface area (Å²) in [4.78, 5) is 31.3. The van der Waals surface area contributed by atoms with Crippen LogP contribution in [0, 0.1) is 13.8 Å². The molecule has 23 heavy (non-hydrogen) atoms. The van der Waals surface area contributed by atoms with Crippen LogP contribution in [-0.2, 0) is 16.3 Å². The third-order valence-corrected chi connectivity index (χ3v) is 5.49. The summed E-state index contributed by atoms with van der Waals surface area (Å²) in [6, 6.07) is 5.90. The van der Waals surface area contributed by atoms with E-state index in [1.807, 2.05) is 32.0 Å². The number of nitrogens with one attached hydrogen (secondary N) is 2. The Morgan fingerprint density at radius 2 is 2.09 bits per heavy atom. The van der Waals surface area contributed by atoms with Crippen molar-refractivity contribution in [3.8, 4) is 0 Å². The van der Waals surface area contributed by atoms with Crippen molar-refractivity contribution in [1.82, 2.24) is 9.97 Å². The molecule has 0 atom stereocenters. The Hall–Kier alpha value is -1.73. The van der Waals surface area contributed by atoms with Gasteiger partial charge in [-0.15, -0.1) is 0 Å². The second kappa shape index (κ2) is 6.80. The Kier molecular flexibility index (Phi) is 4.77. The van der Waals surface area contributed by atoms with Gasteiger partial charge in [0, 0.05) is 22.8 Å². The number of H-pyrrole nitrogens is 1. The van der Waals surface area contributed by atoms with Crippen LogP contribution in [0.5, 0.6) is 0 Å². The summed E-state index contributed by atoms with van der Waals surface area (Å²) in [5, 5.41) is 3.44. The van der Waals surface area contributed by atoms with E-state index in [0.29, 0.717) is 5.16 Å². The quantitative estimate of drug-likeness (QED) is 0.657. The van der Waals surface area contributed by atoms with Crippen molar-refractivity contribution in [2.45, 2.75) is 30.5 Å². The number of hydrogen-bond donors (Lipinski definition) is 2. The SMILES string of the molecule is Cc1cccc(C)c1NC(=O)CSc1nc2c(c(=O)[nH]1)CSC2. The lowest BCUT2D eigenvalue weighted by atomic mass is 10.1. The van der Waals surface area contributed by atoms with E-state index in [1.54, 1.807) is 11.8 Å². The van der Waals surface area contributed by atoms with E-state index in [9.17, 15) is 9.59 Å². The molecule has 0 saturated heterocycles. The van der Waals surface area contributed by atoms with Gasteiger partial charge in [-0.1, -0.05) is 30.0 Å². The van der Waals surface area contributed by atoms with Gasteiger partial charge in [-0.05, 0) is 25.0 Å². The van der Waals surface area contributed by atoms with Gasteiger partial charge in [0.1, 0.15) is 0 Å².